The lowest BCUT2D eigenvalue weighted by Crippen LogP contribution is -2.47. The number of carboxylic acids is 1. The van der Waals surface area contributed by atoms with Crippen molar-refractivity contribution in [2.45, 2.75) is 33.6 Å². The summed E-state index contributed by atoms with van der Waals surface area (Å²) in [4.78, 5) is 12.8. The molecule has 0 aliphatic rings. The van der Waals surface area contributed by atoms with Crippen molar-refractivity contribution in [2.75, 3.05) is 0 Å². The summed E-state index contributed by atoms with van der Waals surface area (Å²) in [6.07, 6.45) is 1.59. The van der Waals surface area contributed by atoms with E-state index in [1.807, 2.05) is 82.3 Å². The Kier molecular flexibility index (Phi) is 8.17. The number of carboxylic acid groups (broad SMARTS) is 1. The predicted molar refractivity (Wildman–Crippen MR) is 124 cm³/mol. The first-order valence-corrected chi connectivity index (χ1v) is 10.6. The summed E-state index contributed by atoms with van der Waals surface area (Å²) in [5.74, 6) is -0.729. The van der Waals surface area contributed by atoms with Crippen molar-refractivity contribution in [1.82, 2.24) is 0 Å². The third kappa shape index (κ3) is 5.08. The molecule has 0 spiro atoms. The average Bonchev–Trinajstić information content (AvgIpc) is 2.65. The van der Waals surface area contributed by atoms with Gasteiger partial charge in [-0.1, -0.05) is 92.5 Å². The number of benzene rings is 2. The number of carbonyl (C=O) groups is 1. The Labute approximate surface area is 189 Å². The molecule has 0 heterocycles. The molecule has 0 radical (unpaired) electrons. The molecule has 0 bridgehead atoms. The summed E-state index contributed by atoms with van der Waals surface area (Å²) < 4.78 is 6.03. The van der Waals surface area contributed by atoms with E-state index in [1.165, 1.54) is 0 Å². The SMILES string of the molecule is C=C(C)C(c1cccc(Oc2ccccc2)c1)C(C(=O)O)(C(C)C)C(C)C=C(Cl)Cl. The minimum absolute atomic E-state index is 0.0513. The van der Waals surface area contributed by atoms with Gasteiger partial charge in [0.25, 0.3) is 0 Å². The highest BCUT2D eigenvalue weighted by Crippen LogP contribution is 2.52. The van der Waals surface area contributed by atoms with Crippen LogP contribution in [0.5, 0.6) is 11.5 Å². The van der Waals surface area contributed by atoms with Crippen molar-refractivity contribution in [3.63, 3.8) is 0 Å². The summed E-state index contributed by atoms with van der Waals surface area (Å²) in [6, 6.07) is 17.0. The molecule has 3 unspecified atom stereocenters. The van der Waals surface area contributed by atoms with Crippen molar-refractivity contribution in [2.24, 2.45) is 17.3 Å². The first-order chi connectivity index (χ1) is 14.1. The highest BCUT2D eigenvalue weighted by atomic mass is 35.5. The molecular formula is C25H28Cl2O3. The molecule has 0 fully saturated rings. The van der Waals surface area contributed by atoms with Gasteiger partial charge in [-0.3, -0.25) is 4.79 Å². The molecule has 160 valence electrons. The zero-order chi connectivity index (χ0) is 22.5. The van der Waals surface area contributed by atoms with Gasteiger partial charge in [-0.05, 0) is 48.6 Å². The number of rotatable bonds is 9. The summed E-state index contributed by atoms with van der Waals surface area (Å²) in [7, 11) is 0. The standard InChI is InChI=1S/C25H28Cl2O3/c1-16(2)23(25(17(3)4,24(28)29)18(5)14-22(26)27)19-10-9-13-21(15-19)30-20-11-7-6-8-12-20/h6-15,17-18,23H,1H2,2-5H3,(H,28,29). The average molecular weight is 447 g/mol. The number of ether oxygens (including phenoxy) is 1. The van der Waals surface area contributed by atoms with Gasteiger partial charge in [-0.2, -0.15) is 0 Å². The van der Waals surface area contributed by atoms with Crippen molar-refractivity contribution in [3.05, 3.63) is 82.9 Å². The summed E-state index contributed by atoms with van der Waals surface area (Å²) in [5, 5.41) is 10.5. The molecule has 2 aromatic rings. The molecule has 0 aliphatic heterocycles. The van der Waals surface area contributed by atoms with Gasteiger partial charge < -0.3 is 9.84 Å². The van der Waals surface area contributed by atoms with Gasteiger partial charge in [0.2, 0.25) is 0 Å². The Bertz CT molecular complexity index is 917. The molecule has 2 rings (SSSR count). The lowest BCUT2D eigenvalue weighted by molar-refractivity contribution is -0.156. The molecule has 0 aliphatic carbocycles. The van der Waals surface area contributed by atoms with Crippen LogP contribution in [0.2, 0.25) is 0 Å². The molecular weight excluding hydrogens is 419 g/mol. The van der Waals surface area contributed by atoms with Gasteiger partial charge in [-0.25, -0.2) is 0 Å². The minimum Gasteiger partial charge on any atom is -0.481 e. The van der Waals surface area contributed by atoms with Crippen molar-refractivity contribution in [3.8, 4) is 11.5 Å². The summed E-state index contributed by atoms with van der Waals surface area (Å²) >= 11 is 11.9. The number of hydrogen-bond donors (Lipinski definition) is 1. The van der Waals surface area contributed by atoms with Crippen LogP contribution < -0.4 is 4.74 Å². The fourth-order valence-electron chi connectivity index (χ4n) is 4.36. The van der Waals surface area contributed by atoms with Crippen molar-refractivity contribution in [1.29, 1.82) is 0 Å². The Hall–Kier alpha value is -2.23. The lowest BCUT2D eigenvalue weighted by atomic mass is 9.57. The Balaban J connectivity index is 2.63. The smallest absolute Gasteiger partial charge is 0.311 e. The topological polar surface area (TPSA) is 46.5 Å². The van der Waals surface area contributed by atoms with E-state index in [-0.39, 0.29) is 10.4 Å². The molecule has 0 saturated heterocycles. The van der Waals surface area contributed by atoms with Crippen LogP contribution in [0.25, 0.3) is 0 Å². The van der Waals surface area contributed by atoms with E-state index in [4.69, 9.17) is 27.9 Å². The second kappa shape index (κ2) is 10.2. The second-order valence-electron chi connectivity index (χ2n) is 7.90. The van der Waals surface area contributed by atoms with E-state index in [2.05, 4.69) is 6.58 Å². The van der Waals surface area contributed by atoms with Gasteiger partial charge in [-0.15, -0.1) is 0 Å². The van der Waals surface area contributed by atoms with Crippen LogP contribution in [0.4, 0.5) is 0 Å². The van der Waals surface area contributed by atoms with Crippen LogP contribution in [0.1, 0.15) is 39.2 Å². The highest BCUT2D eigenvalue weighted by molar-refractivity contribution is 6.55. The third-order valence-corrected chi connectivity index (χ3v) is 5.85. The zero-order valence-corrected chi connectivity index (χ0v) is 19.2. The molecule has 0 aromatic heterocycles. The maximum absolute atomic E-state index is 12.8. The van der Waals surface area contributed by atoms with Crippen LogP contribution in [0.3, 0.4) is 0 Å². The molecule has 1 N–H and O–H groups in total. The van der Waals surface area contributed by atoms with Gasteiger partial charge >= 0.3 is 5.97 Å². The first-order valence-electron chi connectivity index (χ1n) is 9.85. The maximum atomic E-state index is 12.8. The van der Waals surface area contributed by atoms with E-state index < -0.39 is 23.2 Å². The quantitative estimate of drug-likeness (QED) is 0.399. The number of aliphatic carboxylic acids is 1. The van der Waals surface area contributed by atoms with E-state index in [1.54, 1.807) is 6.08 Å². The summed E-state index contributed by atoms with van der Waals surface area (Å²) in [6.45, 7) is 11.6. The number of hydrogen-bond acceptors (Lipinski definition) is 2. The molecule has 3 atom stereocenters. The number of para-hydroxylation sites is 1. The highest BCUT2D eigenvalue weighted by Gasteiger charge is 2.52. The summed E-state index contributed by atoms with van der Waals surface area (Å²) in [5.41, 5.74) is 0.360. The van der Waals surface area contributed by atoms with Crippen LogP contribution in [-0.2, 0) is 4.79 Å². The van der Waals surface area contributed by atoms with Crippen LogP contribution in [0, 0.1) is 17.3 Å². The van der Waals surface area contributed by atoms with Gasteiger partial charge in [0, 0.05) is 5.92 Å². The zero-order valence-electron chi connectivity index (χ0n) is 17.7. The Morgan fingerprint density at radius 2 is 1.67 bits per heavy atom. The van der Waals surface area contributed by atoms with Crippen LogP contribution >= 0.6 is 23.2 Å². The lowest BCUT2D eigenvalue weighted by Gasteiger charge is -2.44. The number of allylic oxidation sites excluding steroid dienone is 2. The molecule has 0 saturated carbocycles. The number of halogens is 2. The fourth-order valence-corrected chi connectivity index (χ4v) is 4.74. The molecule has 2 aromatic carbocycles. The predicted octanol–water partition coefficient (Wildman–Crippen LogP) is 7.82. The second-order valence-corrected chi connectivity index (χ2v) is 8.91. The molecule has 30 heavy (non-hydrogen) atoms. The molecule has 0 amide bonds. The normalized spacial score (nSPS) is 15.0. The van der Waals surface area contributed by atoms with E-state index in [0.717, 1.165) is 11.1 Å². The molecule has 3 nitrogen and oxygen atoms in total. The van der Waals surface area contributed by atoms with Crippen molar-refractivity contribution >= 4 is 29.2 Å². The molecule has 5 heteroatoms. The van der Waals surface area contributed by atoms with E-state index in [9.17, 15) is 9.90 Å². The van der Waals surface area contributed by atoms with Gasteiger partial charge in [0.05, 0.1) is 5.41 Å². The van der Waals surface area contributed by atoms with E-state index >= 15 is 0 Å². The van der Waals surface area contributed by atoms with Gasteiger partial charge in [0.15, 0.2) is 0 Å². The van der Waals surface area contributed by atoms with Crippen LogP contribution in [-0.4, -0.2) is 11.1 Å². The van der Waals surface area contributed by atoms with Gasteiger partial charge in [0.1, 0.15) is 16.0 Å². The van der Waals surface area contributed by atoms with Crippen LogP contribution in [0.15, 0.2) is 77.3 Å². The Morgan fingerprint density at radius 1 is 1.07 bits per heavy atom. The maximum Gasteiger partial charge on any atom is 0.311 e. The minimum atomic E-state index is -1.20. The fraction of sp³-hybridized carbons (Fsp3) is 0.320. The van der Waals surface area contributed by atoms with Crippen molar-refractivity contribution < 1.29 is 14.6 Å². The largest absolute Gasteiger partial charge is 0.481 e. The Morgan fingerprint density at radius 3 is 2.17 bits per heavy atom. The third-order valence-electron chi connectivity index (χ3n) is 5.60. The monoisotopic (exact) mass is 446 g/mol. The first kappa shape index (κ1) is 24.0. The van der Waals surface area contributed by atoms with E-state index in [0.29, 0.717) is 11.5 Å².